The molecule has 0 saturated carbocycles. The van der Waals surface area contributed by atoms with E-state index in [9.17, 15) is 9.18 Å². The normalized spacial score (nSPS) is 17.3. The second-order valence-corrected chi connectivity index (χ2v) is 5.99. The van der Waals surface area contributed by atoms with Gasteiger partial charge in [-0.15, -0.1) is 0 Å². The van der Waals surface area contributed by atoms with Crippen molar-refractivity contribution in [2.45, 2.75) is 6.92 Å². The molecule has 1 amide bonds. The Morgan fingerprint density at radius 3 is 2.79 bits per heavy atom. The highest BCUT2D eigenvalue weighted by atomic mass is 32.2. The van der Waals surface area contributed by atoms with Gasteiger partial charge in [-0.05, 0) is 66.7 Å². The van der Waals surface area contributed by atoms with Gasteiger partial charge in [-0.2, -0.15) is 0 Å². The Bertz CT molecular complexity index is 816. The predicted octanol–water partition coefficient (Wildman–Crippen LogP) is 4.12. The zero-order valence-electron chi connectivity index (χ0n) is 13.0. The molecule has 1 N–H and O–H groups in total. The number of nitrogens with one attached hydrogen (secondary N) is 1. The molecule has 1 aliphatic heterocycles. The van der Waals surface area contributed by atoms with Gasteiger partial charge in [-0.25, -0.2) is 9.38 Å². The van der Waals surface area contributed by atoms with E-state index >= 15 is 0 Å². The second-order valence-electron chi connectivity index (χ2n) is 4.96. The Labute approximate surface area is 143 Å². The summed E-state index contributed by atoms with van der Waals surface area (Å²) in [5, 5.41) is 3.18. The van der Waals surface area contributed by atoms with Crippen molar-refractivity contribution in [3.63, 3.8) is 0 Å². The number of benzene rings is 2. The van der Waals surface area contributed by atoms with Crippen LogP contribution in [0, 0.1) is 5.82 Å². The van der Waals surface area contributed by atoms with E-state index in [4.69, 9.17) is 4.74 Å². The highest BCUT2D eigenvalue weighted by molar-refractivity contribution is 8.18. The molecule has 3 rings (SSSR count). The van der Waals surface area contributed by atoms with Gasteiger partial charge in [0, 0.05) is 0 Å². The number of ether oxygens (including phenoxy) is 1. The van der Waals surface area contributed by atoms with Gasteiger partial charge in [0.25, 0.3) is 5.91 Å². The number of thioether (sulfide) groups is 1. The lowest BCUT2D eigenvalue weighted by Crippen LogP contribution is -2.19. The van der Waals surface area contributed by atoms with Crippen molar-refractivity contribution < 1.29 is 13.9 Å². The van der Waals surface area contributed by atoms with Gasteiger partial charge in [0.2, 0.25) is 0 Å². The van der Waals surface area contributed by atoms with E-state index in [1.165, 1.54) is 23.9 Å². The van der Waals surface area contributed by atoms with Crippen molar-refractivity contribution in [1.82, 2.24) is 5.32 Å². The third-order valence-electron chi connectivity index (χ3n) is 3.18. The first-order valence-electron chi connectivity index (χ1n) is 7.42. The summed E-state index contributed by atoms with van der Waals surface area (Å²) in [6.07, 6.45) is 1.79. The molecule has 4 nitrogen and oxygen atoms in total. The van der Waals surface area contributed by atoms with Crippen LogP contribution in [-0.4, -0.2) is 17.7 Å². The average molecular weight is 342 g/mol. The molecule has 1 saturated heterocycles. The van der Waals surface area contributed by atoms with Gasteiger partial charge in [0.1, 0.15) is 11.6 Å². The lowest BCUT2D eigenvalue weighted by molar-refractivity contribution is -0.115. The summed E-state index contributed by atoms with van der Waals surface area (Å²) < 4.78 is 18.4. The summed E-state index contributed by atoms with van der Waals surface area (Å²) in [6, 6.07) is 13.3. The lowest BCUT2D eigenvalue weighted by atomic mass is 10.2. The number of nitrogens with zero attached hydrogens (tertiary/aromatic N) is 1. The van der Waals surface area contributed by atoms with Crippen LogP contribution in [0.5, 0.6) is 5.75 Å². The fraction of sp³-hybridized carbons (Fsp3) is 0.111. The number of amides is 1. The molecule has 0 radical (unpaired) electrons. The number of amidine groups is 1. The van der Waals surface area contributed by atoms with E-state index in [1.807, 2.05) is 31.2 Å². The SMILES string of the molecule is CCOc1cccc(C=C2SC(=Nc3ccc(F)cc3)NC2=O)c1. The number of carbonyl (C=O) groups is 1. The fourth-order valence-electron chi connectivity index (χ4n) is 2.13. The number of hydrogen-bond acceptors (Lipinski definition) is 4. The molecule has 1 aliphatic rings. The number of rotatable bonds is 4. The van der Waals surface area contributed by atoms with Crippen LogP contribution in [0.15, 0.2) is 58.4 Å². The molecule has 0 unspecified atom stereocenters. The minimum Gasteiger partial charge on any atom is -0.494 e. The van der Waals surface area contributed by atoms with Crippen molar-refractivity contribution in [1.29, 1.82) is 0 Å². The van der Waals surface area contributed by atoms with Gasteiger partial charge >= 0.3 is 0 Å². The molecular formula is C18H15FN2O2S. The van der Waals surface area contributed by atoms with Crippen LogP contribution in [0.25, 0.3) is 6.08 Å². The maximum absolute atomic E-state index is 12.9. The molecule has 122 valence electrons. The quantitative estimate of drug-likeness (QED) is 0.851. The summed E-state index contributed by atoms with van der Waals surface area (Å²) >= 11 is 1.25. The highest BCUT2D eigenvalue weighted by Gasteiger charge is 2.23. The molecule has 2 aromatic carbocycles. The Balaban J connectivity index is 1.79. The van der Waals surface area contributed by atoms with Crippen LogP contribution in [0.4, 0.5) is 10.1 Å². The largest absolute Gasteiger partial charge is 0.494 e. The second kappa shape index (κ2) is 7.31. The van der Waals surface area contributed by atoms with E-state index in [0.717, 1.165) is 11.3 Å². The molecule has 2 aromatic rings. The maximum atomic E-state index is 12.9. The molecule has 0 aliphatic carbocycles. The van der Waals surface area contributed by atoms with E-state index in [2.05, 4.69) is 10.3 Å². The summed E-state index contributed by atoms with van der Waals surface area (Å²) in [7, 11) is 0. The summed E-state index contributed by atoms with van der Waals surface area (Å²) in [5.74, 6) is 0.231. The van der Waals surface area contributed by atoms with Crippen molar-refractivity contribution in [2.75, 3.05) is 6.61 Å². The Kier molecular flexibility index (Phi) is 4.96. The first kappa shape index (κ1) is 16.3. The van der Waals surface area contributed by atoms with Crippen molar-refractivity contribution in [2.24, 2.45) is 4.99 Å². The number of hydrogen-bond donors (Lipinski definition) is 1. The van der Waals surface area contributed by atoms with E-state index < -0.39 is 0 Å². The van der Waals surface area contributed by atoms with E-state index in [1.54, 1.807) is 18.2 Å². The van der Waals surface area contributed by atoms with E-state index in [0.29, 0.717) is 22.4 Å². The van der Waals surface area contributed by atoms with Crippen LogP contribution in [0.2, 0.25) is 0 Å². The number of halogens is 1. The van der Waals surface area contributed by atoms with Gasteiger partial charge in [-0.1, -0.05) is 12.1 Å². The maximum Gasteiger partial charge on any atom is 0.264 e. The highest BCUT2D eigenvalue weighted by Crippen LogP contribution is 2.28. The number of aliphatic imine (C=N–C) groups is 1. The van der Waals surface area contributed by atoms with Crippen LogP contribution in [0.1, 0.15) is 12.5 Å². The van der Waals surface area contributed by atoms with E-state index in [-0.39, 0.29) is 11.7 Å². The number of carbonyl (C=O) groups excluding carboxylic acids is 1. The molecular weight excluding hydrogens is 327 g/mol. The van der Waals surface area contributed by atoms with Gasteiger partial charge in [0.15, 0.2) is 5.17 Å². The lowest BCUT2D eigenvalue weighted by Gasteiger charge is -2.03. The molecule has 0 aromatic heterocycles. The zero-order valence-corrected chi connectivity index (χ0v) is 13.8. The fourth-order valence-corrected chi connectivity index (χ4v) is 2.97. The predicted molar refractivity (Wildman–Crippen MR) is 94.8 cm³/mol. The summed E-state index contributed by atoms with van der Waals surface area (Å²) in [5.41, 5.74) is 1.46. The summed E-state index contributed by atoms with van der Waals surface area (Å²) in [6.45, 7) is 2.51. The van der Waals surface area contributed by atoms with Gasteiger partial charge in [-0.3, -0.25) is 4.79 Å². The van der Waals surface area contributed by atoms with Crippen molar-refractivity contribution in [3.8, 4) is 5.75 Å². The first-order valence-corrected chi connectivity index (χ1v) is 8.24. The molecule has 0 spiro atoms. The third-order valence-corrected chi connectivity index (χ3v) is 4.08. The molecule has 0 bridgehead atoms. The Morgan fingerprint density at radius 1 is 1.25 bits per heavy atom. The summed E-state index contributed by atoms with van der Waals surface area (Å²) in [4.78, 5) is 16.9. The Hall–Kier alpha value is -2.60. The van der Waals surface area contributed by atoms with Crippen molar-refractivity contribution in [3.05, 3.63) is 64.8 Å². The minimum absolute atomic E-state index is 0.206. The zero-order chi connectivity index (χ0) is 16.9. The molecule has 0 atom stereocenters. The molecule has 6 heteroatoms. The van der Waals surface area contributed by atoms with Gasteiger partial charge in [0.05, 0.1) is 17.2 Å². The third kappa shape index (κ3) is 4.02. The molecule has 24 heavy (non-hydrogen) atoms. The smallest absolute Gasteiger partial charge is 0.264 e. The van der Waals surface area contributed by atoms with Crippen LogP contribution in [0.3, 0.4) is 0 Å². The monoisotopic (exact) mass is 342 g/mol. The standard InChI is InChI=1S/C18H15FN2O2S/c1-2-23-15-5-3-4-12(10-15)11-16-17(22)21-18(24-16)20-14-8-6-13(19)7-9-14/h3-11H,2H2,1H3,(H,20,21,22). The molecule has 1 fully saturated rings. The first-order chi connectivity index (χ1) is 11.6. The van der Waals surface area contributed by atoms with Crippen molar-refractivity contribution >= 4 is 34.6 Å². The Morgan fingerprint density at radius 2 is 2.04 bits per heavy atom. The van der Waals surface area contributed by atoms with Crippen LogP contribution < -0.4 is 10.1 Å². The topological polar surface area (TPSA) is 50.7 Å². The molecule has 1 heterocycles. The van der Waals surface area contributed by atoms with Crippen LogP contribution in [-0.2, 0) is 4.79 Å². The minimum atomic E-state index is -0.322. The average Bonchev–Trinajstić information content (AvgIpc) is 2.90. The van der Waals surface area contributed by atoms with Gasteiger partial charge < -0.3 is 10.1 Å². The van der Waals surface area contributed by atoms with Crippen LogP contribution >= 0.6 is 11.8 Å².